The Hall–Kier alpha value is -0.650. The molecule has 0 aliphatic carbocycles. The van der Waals surface area contributed by atoms with Gasteiger partial charge in [0.15, 0.2) is 0 Å². The largest absolute Gasteiger partial charge is 0.466 e. The maximum atomic E-state index is 5.57. The summed E-state index contributed by atoms with van der Waals surface area (Å²) in [6, 6.07) is 2.00. The number of nitrogens with one attached hydrogen (secondary N) is 1. The molecule has 1 atom stereocenters. The molecule has 2 heterocycles. The fraction of sp³-hybridized carbons (Fsp3) is 0.417. The number of furan rings is 1. The molecule has 0 spiro atoms. The van der Waals surface area contributed by atoms with Crippen LogP contribution >= 0.6 is 27.3 Å². The predicted molar refractivity (Wildman–Crippen MR) is 73.5 cm³/mol. The van der Waals surface area contributed by atoms with E-state index in [-0.39, 0.29) is 6.04 Å². The quantitative estimate of drug-likeness (QED) is 0.932. The number of hydrogen-bond donors (Lipinski definition) is 1. The van der Waals surface area contributed by atoms with Crippen molar-refractivity contribution in [2.45, 2.75) is 26.8 Å². The molecule has 0 saturated carbocycles. The number of aryl methyl sites for hydroxylation is 2. The maximum absolute atomic E-state index is 5.57. The van der Waals surface area contributed by atoms with E-state index >= 15 is 0 Å². The number of aromatic nitrogens is 1. The molecular weight excluding hydrogens is 300 g/mol. The molecule has 0 aliphatic heterocycles. The van der Waals surface area contributed by atoms with E-state index in [0.717, 1.165) is 27.5 Å². The Kier molecular flexibility index (Phi) is 4.01. The van der Waals surface area contributed by atoms with Crippen LogP contribution in [0, 0.1) is 13.8 Å². The van der Waals surface area contributed by atoms with Crippen LogP contribution in [-0.2, 0) is 0 Å². The number of nitrogens with zero attached hydrogens (tertiary/aromatic N) is 1. The molecule has 92 valence electrons. The van der Waals surface area contributed by atoms with E-state index in [1.807, 2.05) is 19.9 Å². The summed E-state index contributed by atoms with van der Waals surface area (Å²) in [4.78, 5) is 5.70. The zero-order valence-corrected chi connectivity index (χ0v) is 12.5. The van der Waals surface area contributed by atoms with Crippen molar-refractivity contribution >= 4 is 27.3 Å². The molecule has 0 fully saturated rings. The highest BCUT2D eigenvalue weighted by Crippen LogP contribution is 2.34. The van der Waals surface area contributed by atoms with Crippen LogP contribution in [0.2, 0.25) is 0 Å². The van der Waals surface area contributed by atoms with E-state index in [9.17, 15) is 0 Å². The molecule has 0 saturated heterocycles. The summed E-state index contributed by atoms with van der Waals surface area (Å²) in [5, 5.41) is 4.53. The molecule has 2 rings (SSSR count). The first kappa shape index (κ1) is 12.8. The van der Waals surface area contributed by atoms with Crippen LogP contribution in [0.5, 0.6) is 0 Å². The third-order valence-electron chi connectivity index (χ3n) is 2.52. The van der Waals surface area contributed by atoms with Crippen molar-refractivity contribution < 1.29 is 4.42 Å². The smallest absolute Gasteiger partial charge is 0.140 e. The Morgan fingerprint density at radius 3 is 2.76 bits per heavy atom. The minimum Gasteiger partial charge on any atom is -0.466 e. The molecule has 1 N–H and O–H groups in total. The Bertz CT molecular complexity index is 506. The molecule has 0 amide bonds. The molecule has 3 nitrogen and oxygen atoms in total. The summed E-state index contributed by atoms with van der Waals surface area (Å²) >= 11 is 5.23. The Morgan fingerprint density at radius 1 is 1.53 bits per heavy atom. The van der Waals surface area contributed by atoms with Crippen molar-refractivity contribution in [2.75, 3.05) is 6.54 Å². The van der Waals surface area contributed by atoms with Crippen LogP contribution < -0.4 is 5.32 Å². The molecule has 5 heteroatoms. The lowest BCUT2D eigenvalue weighted by atomic mass is 10.1. The predicted octanol–water partition coefficient (Wildman–Crippen LogP) is 3.81. The standard InChI is InChI=1S/C12H15BrN2OS/c1-4-14-10(11-9(13)5-6-16-11)12-7(2)15-8(3)17-12/h5-6,10,14H,4H2,1-3H3. The molecule has 2 aromatic rings. The van der Waals surface area contributed by atoms with E-state index in [0.29, 0.717) is 0 Å². The maximum Gasteiger partial charge on any atom is 0.140 e. The van der Waals surface area contributed by atoms with E-state index in [4.69, 9.17) is 4.42 Å². The van der Waals surface area contributed by atoms with Gasteiger partial charge in [0.2, 0.25) is 0 Å². The highest BCUT2D eigenvalue weighted by atomic mass is 79.9. The van der Waals surface area contributed by atoms with Crippen molar-refractivity contribution in [3.8, 4) is 0 Å². The second-order valence-electron chi connectivity index (χ2n) is 3.81. The zero-order valence-electron chi connectivity index (χ0n) is 10.1. The van der Waals surface area contributed by atoms with Gasteiger partial charge in [-0.05, 0) is 42.4 Å². The van der Waals surface area contributed by atoms with Gasteiger partial charge in [0.05, 0.1) is 26.3 Å². The van der Waals surface area contributed by atoms with Crippen molar-refractivity contribution in [2.24, 2.45) is 0 Å². The second kappa shape index (κ2) is 5.33. The van der Waals surface area contributed by atoms with E-state index < -0.39 is 0 Å². The zero-order chi connectivity index (χ0) is 12.4. The van der Waals surface area contributed by atoms with Gasteiger partial charge in [-0.25, -0.2) is 4.98 Å². The van der Waals surface area contributed by atoms with Crippen LogP contribution in [0.1, 0.15) is 34.3 Å². The lowest BCUT2D eigenvalue weighted by molar-refractivity contribution is 0.452. The number of rotatable bonds is 4. The van der Waals surface area contributed by atoms with Gasteiger partial charge < -0.3 is 9.73 Å². The van der Waals surface area contributed by atoms with Crippen molar-refractivity contribution in [1.82, 2.24) is 10.3 Å². The van der Waals surface area contributed by atoms with E-state index in [1.165, 1.54) is 4.88 Å². The minimum absolute atomic E-state index is 0.0792. The molecular formula is C12H15BrN2OS. The summed E-state index contributed by atoms with van der Waals surface area (Å²) in [5.41, 5.74) is 1.07. The lowest BCUT2D eigenvalue weighted by Crippen LogP contribution is -2.21. The number of thiazole rings is 1. The summed E-state index contributed by atoms with van der Waals surface area (Å²) in [6.45, 7) is 7.04. The first-order chi connectivity index (χ1) is 8.13. The van der Waals surface area contributed by atoms with E-state index in [1.54, 1.807) is 17.6 Å². The lowest BCUT2D eigenvalue weighted by Gasteiger charge is -2.15. The van der Waals surface area contributed by atoms with Gasteiger partial charge in [0.25, 0.3) is 0 Å². The topological polar surface area (TPSA) is 38.1 Å². The highest BCUT2D eigenvalue weighted by Gasteiger charge is 2.23. The summed E-state index contributed by atoms with van der Waals surface area (Å²) in [6.07, 6.45) is 1.70. The van der Waals surface area contributed by atoms with Crippen LogP contribution in [0.3, 0.4) is 0 Å². The Labute approximate surface area is 113 Å². The molecule has 17 heavy (non-hydrogen) atoms. The average molecular weight is 315 g/mol. The minimum atomic E-state index is 0.0792. The number of hydrogen-bond acceptors (Lipinski definition) is 4. The van der Waals surface area contributed by atoms with Gasteiger partial charge in [-0.2, -0.15) is 0 Å². The average Bonchev–Trinajstić information content (AvgIpc) is 2.82. The summed E-state index contributed by atoms with van der Waals surface area (Å²) in [7, 11) is 0. The molecule has 0 bridgehead atoms. The van der Waals surface area contributed by atoms with Gasteiger partial charge in [-0.3, -0.25) is 0 Å². The molecule has 2 aromatic heterocycles. The number of halogens is 1. The van der Waals surface area contributed by atoms with Crippen LogP contribution in [0.4, 0.5) is 0 Å². The third-order valence-corrected chi connectivity index (χ3v) is 4.31. The van der Waals surface area contributed by atoms with Gasteiger partial charge in [-0.1, -0.05) is 6.92 Å². The van der Waals surface area contributed by atoms with Crippen LogP contribution in [-0.4, -0.2) is 11.5 Å². The molecule has 1 unspecified atom stereocenters. The van der Waals surface area contributed by atoms with Crippen molar-refractivity contribution in [3.05, 3.63) is 38.1 Å². The summed E-state index contributed by atoms with van der Waals surface area (Å²) < 4.78 is 6.56. The summed E-state index contributed by atoms with van der Waals surface area (Å²) in [5.74, 6) is 0.915. The molecule has 0 aromatic carbocycles. The van der Waals surface area contributed by atoms with Gasteiger partial charge >= 0.3 is 0 Å². The fourth-order valence-electron chi connectivity index (χ4n) is 1.83. The van der Waals surface area contributed by atoms with Gasteiger partial charge in [-0.15, -0.1) is 11.3 Å². The van der Waals surface area contributed by atoms with Crippen molar-refractivity contribution in [3.63, 3.8) is 0 Å². The normalized spacial score (nSPS) is 12.9. The molecule has 0 radical (unpaired) electrons. The molecule has 0 aliphatic rings. The fourth-order valence-corrected chi connectivity index (χ4v) is 3.27. The SMILES string of the molecule is CCNC(c1occc1Br)c1sc(C)nc1C. The van der Waals surface area contributed by atoms with Gasteiger partial charge in [0.1, 0.15) is 11.8 Å². The second-order valence-corrected chi connectivity index (χ2v) is 5.90. The third kappa shape index (κ3) is 2.61. The van der Waals surface area contributed by atoms with E-state index in [2.05, 4.69) is 33.2 Å². The van der Waals surface area contributed by atoms with Crippen molar-refractivity contribution in [1.29, 1.82) is 0 Å². The highest BCUT2D eigenvalue weighted by molar-refractivity contribution is 9.10. The monoisotopic (exact) mass is 314 g/mol. The van der Waals surface area contributed by atoms with Crippen LogP contribution in [0.25, 0.3) is 0 Å². The van der Waals surface area contributed by atoms with Gasteiger partial charge in [0, 0.05) is 0 Å². The van der Waals surface area contributed by atoms with Crippen LogP contribution in [0.15, 0.2) is 21.2 Å². The first-order valence-electron chi connectivity index (χ1n) is 5.53. The Morgan fingerprint density at radius 2 is 2.29 bits per heavy atom. The first-order valence-corrected chi connectivity index (χ1v) is 7.14. The Balaban J connectivity index is 2.42.